The molecule has 0 spiro atoms. The molecule has 4 heteroatoms. The highest BCUT2D eigenvalue weighted by Crippen LogP contribution is 2.32. The maximum atomic E-state index is 6.11. The van der Waals surface area contributed by atoms with E-state index >= 15 is 0 Å². The normalized spacial score (nSPS) is 16.6. The predicted octanol–water partition coefficient (Wildman–Crippen LogP) is 7.53. The first-order valence-corrected chi connectivity index (χ1v) is 11.0. The smallest absolute Gasteiger partial charge is 0.129 e. The zero-order valence-electron chi connectivity index (χ0n) is 16.3. The summed E-state index contributed by atoms with van der Waals surface area (Å²) >= 11 is 12.1. The zero-order valence-corrected chi connectivity index (χ0v) is 17.8. The Labute approximate surface area is 182 Å². The number of halogens is 2. The number of hydrogen-bond acceptors (Lipinski definition) is 2. The maximum Gasteiger partial charge on any atom is 0.129 e. The van der Waals surface area contributed by atoms with E-state index in [1.807, 2.05) is 18.2 Å². The van der Waals surface area contributed by atoms with E-state index in [1.54, 1.807) is 12.1 Å². The maximum absolute atomic E-state index is 6.11. The molecule has 2 nitrogen and oxygen atoms in total. The van der Waals surface area contributed by atoms with Gasteiger partial charge in [-0.05, 0) is 73.2 Å². The zero-order chi connectivity index (χ0) is 20.1. The minimum absolute atomic E-state index is 0.488. The standard InChI is InChI=1S/C25H25Cl2NO/c26-24-14-13-22(17-25(24)27)29-21-9-5-7-19(16-21)23-10-2-1-6-18(23)11-12-20-8-3-4-15-28-20/h1-2,5-7,9-10,13-14,16-17,20,28H,3-4,8,11-12,15H2. The van der Waals surface area contributed by atoms with Crippen LogP contribution in [-0.2, 0) is 6.42 Å². The fourth-order valence-electron chi connectivity index (χ4n) is 3.92. The van der Waals surface area contributed by atoms with Crippen molar-refractivity contribution in [1.29, 1.82) is 0 Å². The Balaban J connectivity index is 1.52. The Morgan fingerprint density at radius 3 is 2.55 bits per heavy atom. The molecule has 29 heavy (non-hydrogen) atoms. The van der Waals surface area contributed by atoms with Gasteiger partial charge in [0, 0.05) is 12.1 Å². The fraction of sp³-hybridized carbons (Fsp3) is 0.280. The number of ether oxygens (including phenoxy) is 1. The fourth-order valence-corrected chi connectivity index (χ4v) is 4.21. The van der Waals surface area contributed by atoms with Crippen LogP contribution in [0.3, 0.4) is 0 Å². The number of rotatable bonds is 6. The van der Waals surface area contributed by atoms with Gasteiger partial charge in [0.2, 0.25) is 0 Å². The molecule has 1 aliphatic heterocycles. The van der Waals surface area contributed by atoms with E-state index in [-0.39, 0.29) is 0 Å². The first-order chi connectivity index (χ1) is 14.2. The summed E-state index contributed by atoms with van der Waals surface area (Å²) in [4.78, 5) is 0. The summed E-state index contributed by atoms with van der Waals surface area (Å²) in [6.07, 6.45) is 6.18. The van der Waals surface area contributed by atoms with Gasteiger partial charge in [-0.3, -0.25) is 0 Å². The summed E-state index contributed by atoms with van der Waals surface area (Å²) in [5, 5.41) is 4.66. The summed E-state index contributed by atoms with van der Waals surface area (Å²) < 4.78 is 6.02. The Morgan fingerprint density at radius 2 is 1.72 bits per heavy atom. The van der Waals surface area contributed by atoms with Crippen molar-refractivity contribution in [1.82, 2.24) is 5.32 Å². The molecular weight excluding hydrogens is 401 g/mol. The van der Waals surface area contributed by atoms with Crippen LogP contribution in [0.1, 0.15) is 31.2 Å². The summed E-state index contributed by atoms with van der Waals surface area (Å²) in [5.74, 6) is 1.46. The van der Waals surface area contributed by atoms with Crippen molar-refractivity contribution in [2.45, 2.75) is 38.1 Å². The van der Waals surface area contributed by atoms with Crippen LogP contribution in [0.2, 0.25) is 10.0 Å². The van der Waals surface area contributed by atoms with Gasteiger partial charge in [-0.2, -0.15) is 0 Å². The molecule has 1 aliphatic rings. The van der Waals surface area contributed by atoms with Gasteiger partial charge in [-0.15, -0.1) is 0 Å². The molecule has 1 saturated heterocycles. The van der Waals surface area contributed by atoms with Crippen LogP contribution in [0.4, 0.5) is 0 Å². The lowest BCUT2D eigenvalue weighted by atomic mass is 9.93. The number of hydrogen-bond donors (Lipinski definition) is 1. The molecule has 0 radical (unpaired) electrons. The molecule has 3 aromatic rings. The Hall–Kier alpha value is -2.00. The van der Waals surface area contributed by atoms with Gasteiger partial charge >= 0.3 is 0 Å². The second-order valence-corrected chi connectivity index (χ2v) is 8.36. The molecule has 0 aromatic heterocycles. The van der Waals surface area contributed by atoms with E-state index in [2.05, 4.69) is 41.7 Å². The molecule has 1 N–H and O–H groups in total. The van der Waals surface area contributed by atoms with E-state index in [1.165, 1.54) is 36.8 Å². The van der Waals surface area contributed by atoms with Crippen LogP contribution in [0, 0.1) is 0 Å². The van der Waals surface area contributed by atoms with Gasteiger partial charge in [0.15, 0.2) is 0 Å². The first kappa shape index (κ1) is 20.3. The van der Waals surface area contributed by atoms with Crippen molar-refractivity contribution in [3.05, 3.63) is 82.3 Å². The van der Waals surface area contributed by atoms with Crippen LogP contribution in [0.5, 0.6) is 11.5 Å². The summed E-state index contributed by atoms with van der Waals surface area (Å²) in [5.41, 5.74) is 3.81. The summed E-state index contributed by atoms with van der Waals surface area (Å²) in [6, 6.07) is 22.8. The van der Waals surface area contributed by atoms with Crippen molar-refractivity contribution in [2.24, 2.45) is 0 Å². The van der Waals surface area contributed by atoms with Gasteiger partial charge in [0.1, 0.15) is 11.5 Å². The van der Waals surface area contributed by atoms with Crippen molar-refractivity contribution < 1.29 is 4.74 Å². The lowest BCUT2D eigenvalue weighted by Crippen LogP contribution is -2.34. The number of aryl methyl sites for hydroxylation is 1. The lowest BCUT2D eigenvalue weighted by Gasteiger charge is -2.23. The van der Waals surface area contributed by atoms with Crippen molar-refractivity contribution >= 4 is 23.2 Å². The van der Waals surface area contributed by atoms with Crippen molar-refractivity contribution in [2.75, 3.05) is 6.54 Å². The van der Waals surface area contributed by atoms with Gasteiger partial charge in [-0.25, -0.2) is 0 Å². The Kier molecular flexibility index (Phi) is 6.76. The SMILES string of the molecule is Clc1ccc(Oc2cccc(-c3ccccc3CCC3CCCCN3)c2)cc1Cl. The molecule has 3 aromatic carbocycles. The van der Waals surface area contributed by atoms with Crippen molar-refractivity contribution in [3.8, 4) is 22.6 Å². The van der Waals surface area contributed by atoms with Crippen LogP contribution in [0.25, 0.3) is 11.1 Å². The minimum Gasteiger partial charge on any atom is -0.457 e. The van der Waals surface area contributed by atoms with Crippen LogP contribution in [0.15, 0.2) is 66.7 Å². The van der Waals surface area contributed by atoms with Crippen molar-refractivity contribution in [3.63, 3.8) is 0 Å². The van der Waals surface area contributed by atoms with Crippen LogP contribution in [-0.4, -0.2) is 12.6 Å². The van der Waals surface area contributed by atoms with E-state index in [9.17, 15) is 0 Å². The Morgan fingerprint density at radius 1 is 0.862 bits per heavy atom. The highest BCUT2D eigenvalue weighted by Gasteiger charge is 2.14. The highest BCUT2D eigenvalue weighted by atomic mass is 35.5. The van der Waals surface area contributed by atoms with Crippen LogP contribution < -0.4 is 10.1 Å². The molecule has 1 heterocycles. The molecule has 0 saturated carbocycles. The first-order valence-electron chi connectivity index (χ1n) is 10.2. The lowest BCUT2D eigenvalue weighted by molar-refractivity contribution is 0.383. The van der Waals surface area contributed by atoms with Gasteiger partial charge in [-0.1, -0.05) is 66.0 Å². The predicted molar refractivity (Wildman–Crippen MR) is 122 cm³/mol. The summed E-state index contributed by atoms with van der Waals surface area (Å²) in [7, 11) is 0. The number of piperidine rings is 1. The number of nitrogens with one attached hydrogen (secondary N) is 1. The van der Waals surface area contributed by atoms with E-state index in [0.717, 1.165) is 24.3 Å². The van der Waals surface area contributed by atoms with Gasteiger partial charge in [0.25, 0.3) is 0 Å². The molecule has 1 unspecified atom stereocenters. The minimum atomic E-state index is 0.488. The average Bonchev–Trinajstić information content (AvgIpc) is 2.76. The third-order valence-electron chi connectivity index (χ3n) is 5.46. The topological polar surface area (TPSA) is 21.3 Å². The third-order valence-corrected chi connectivity index (χ3v) is 6.20. The largest absolute Gasteiger partial charge is 0.457 e. The molecule has 0 amide bonds. The van der Waals surface area contributed by atoms with Gasteiger partial charge < -0.3 is 10.1 Å². The third kappa shape index (κ3) is 5.33. The van der Waals surface area contributed by atoms with Gasteiger partial charge in [0.05, 0.1) is 10.0 Å². The monoisotopic (exact) mass is 425 g/mol. The molecule has 1 fully saturated rings. The molecule has 150 valence electrons. The molecule has 0 bridgehead atoms. The Bertz CT molecular complexity index is 967. The molecular formula is C25H25Cl2NO. The number of benzene rings is 3. The molecule has 4 rings (SSSR count). The quantitative estimate of drug-likeness (QED) is 0.440. The van der Waals surface area contributed by atoms with E-state index in [0.29, 0.717) is 21.8 Å². The second-order valence-electron chi connectivity index (χ2n) is 7.55. The second kappa shape index (κ2) is 9.67. The molecule has 1 atom stereocenters. The molecule has 0 aliphatic carbocycles. The van der Waals surface area contributed by atoms with E-state index in [4.69, 9.17) is 27.9 Å². The average molecular weight is 426 g/mol. The van der Waals surface area contributed by atoms with E-state index < -0.39 is 0 Å². The summed E-state index contributed by atoms with van der Waals surface area (Å²) in [6.45, 7) is 1.15. The van der Waals surface area contributed by atoms with Crippen LogP contribution >= 0.6 is 23.2 Å². The highest BCUT2D eigenvalue weighted by molar-refractivity contribution is 6.42.